The Kier molecular flexibility index (Phi) is 7.14. The van der Waals surface area contributed by atoms with E-state index < -0.39 is 0 Å². The first-order chi connectivity index (χ1) is 29.7. The molecule has 0 amide bonds. The second-order valence-corrected chi connectivity index (χ2v) is 16.6. The summed E-state index contributed by atoms with van der Waals surface area (Å²) in [7, 11) is 0. The van der Waals surface area contributed by atoms with E-state index in [0.29, 0.717) is 17.5 Å². The van der Waals surface area contributed by atoms with Gasteiger partial charge in [-0.25, -0.2) is 15.0 Å². The third kappa shape index (κ3) is 5.00. The molecule has 13 rings (SSSR count). The van der Waals surface area contributed by atoms with Crippen LogP contribution in [0.2, 0.25) is 0 Å². The SMILES string of the molecule is c1ccc(-c2nc(-c3cccc4ccccc34)nc(-c3c4ccccc4cc4sc5ccc(-n6c7cc8ccccc8cc7c7ccc8ccccc8c76)cc5c34)n2)cc1. The zero-order chi connectivity index (χ0) is 39.3. The summed E-state index contributed by atoms with van der Waals surface area (Å²) in [6.45, 7) is 0. The van der Waals surface area contributed by atoms with Gasteiger partial charge in [0.15, 0.2) is 17.5 Å². The molecule has 0 aliphatic carbocycles. The van der Waals surface area contributed by atoms with E-state index in [0.717, 1.165) is 49.3 Å². The molecule has 3 heterocycles. The van der Waals surface area contributed by atoms with Crippen LogP contribution in [0.25, 0.3) is 125 Å². The van der Waals surface area contributed by atoms with E-state index in [2.05, 4.69) is 180 Å². The van der Waals surface area contributed by atoms with Gasteiger partial charge in [0, 0.05) is 58.7 Å². The molecule has 0 bridgehead atoms. The molecule has 0 aliphatic heterocycles. The third-order valence-electron chi connectivity index (χ3n) is 12.2. The molecule has 4 nitrogen and oxygen atoms in total. The fourth-order valence-corrected chi connectivity index (χ4v) is 10.6. The monoisotopic (exact) mass is 780 g/mol. The number of thiophene rings is 1. The van der Waals surface area contributed by atoms with Crippen molar-refractivity contribution in [3.05, 3.63) is 194 Å². The Balaban J connectivity index is 1.14. The van der Waals surface area contributed by atoms with Crippen LogP contribution in [-0.4, -0.2) is 19.5 Å². The molecule has 0 saturated heterocycles. The molecule has 13 aromatic rings. The second-order valence-electron chi connectivity index (χ2n) is 15.6. The standard InChI is InChI=1S/C55H32N4S/c1-2-15-35(16-3-1)53-56-54(44-24-12-20-33-13-6-9-21-40(33)44)58-55(57-53)51-41-22-10-8-19-38(41)31-49-50(51)46-32-39(26-28-48(46)60-49)59-47-30-37-18-5-4-17-36(37)29-45(47)43-27-25-34-14-7-11-23-42(34)52(43)59/h1-32H. The highest BCUT2D eigenvalue weighted by Gasteiger charge is 2.22. The van der Waals surface area contributed by atoms with Gasteiger partial charge >= 0.3 is 0 Å². The van der Waals surface area contributed by atoms with E-state index in [1.807, 2.05) is 29.5 Å². The number of aromatic nitrogens is 4. The van der Waals surface area contributed by atoms with Gasteiger partial charge in [-0.2, -0.15) is 0 Å². The van der Waals surface area contributed by atoms with Crippen molar-refractivity contribution in [2.24, 2.45) is 0 Å². The van der Waals surface area contributed by atoms with Gasteiger partial charge in [0.2, 0.25) is 0 Å². The van der Waals surface area contributed by atoms with Crippen molar-refractivity contribution in [3.8, 4) is 39.9 Å². The zero-order valence-electron chi connectivity index (χ0n) is 32.2. The molecule has 0 fully saturated rings. The highest BCUT2D eigenvalue weighted by molar-refractivity contribution is 7.26. The van der Waals surface area contributed by atoms with E-state index in [4.69, 9.17) is 15.0 Å². The molecular weight excluding hydrogens is 749 g/mol. The van der Waals surface area contributed by atoms with E-state index in [-0.39, 0.29) is 0 Å². The summed E-state index contributed by atoms with van der Waals surface area (Å²) in [5.74, 6) is 1.96. The van der Waals surface area contributed by atoms with Crippen LogP contribution in [0.5, 0.6) is 0 Å². The minimum absolute atomic E-state index is 0.647. The van der Waals surface area contributed by atoms with E-state index in [1.54, 1.807) is 0 Å². The average Bonchev–Trinajstić information content (AvgIpc) is 3.84. The lowest BCUT2D eigenvalue weighted by atomic mass is 9.97. The molecule has 0 atom stereocenters. The van der Waals surface area contributed by atoms with Gasteiger partial charge in [-0.3, -0.25) is 0 Å². The Hall–Kier alpha value is -7.73. The fraction of sp³-hybridized carbons (Fsp3) is 0. The van der Waals surface area contributed by atoms with Crippen LogP contribution in [0.4, 0.5) is 0 Å². The van der Waals surface area contributed by atoms with Gasteiger partial charge in [0.05, 0.1) is 11.0 Å². The summed E-state index contributed by atoms with van der Waals surface area (Å²) >= 11 is 1.83. The van der Waals surface area contributed by atoms with Crippen molar-refractivity contribution < 1.29 is 0 Å². The topological polar surface area (TPSA) is 43.6 Å². The minimum atomic E-state index is 0.647. The van der Waals surface area contributed by atoms with Gasteiger partial charge < -0.3 is 4.57 Å². The Morgan fingerprint density at radius 3 is 1.85 bits per heavy atom. The quantitative estimate of drug-likeness (QED) is 0.179. The molecule has 0 unspecified atom stereocenters. The number of hydrogen-bond acceptors (Lipinski definition) is 4. The first kappa shape index (κ1) is 33.3. The van der Waals surface area contributed by atoms with E-state index in [1.165, 1.54) is 58.1 Å². The molecule has 0 N–H and O–H groups in total. The molecule has 0 aliphatic rings. The lowest BCUT2D eigenvalue weighted by Crippen LogP contribution is -2.01. The Morgan fingerprint density at radius 1 is 0.367 bits per heavy atom. The fourth-order valence-electron chi connectivity index (χ4n) is 9.44. The van der Waals surface area contributed by atoms with Crippen molar-refractivity contribution in [1.82, 2.24) is 19.5 Å². The lowest BCUT2D eigenvalue weighted by Gasteiger charge is -2.14. The molecular formula is C55H32N4S. The van der Waals surface area contributed by atoms with Gasteiger partial charge in [-0.05, 0) is 74.1 Å². The predicted octanol–water partition coefficient (Wildman–Crippen LogP) is 15.0. The highest BCUT2D eigenvalue weighted by atomic mass is 32.1. The van der Waals surface area contributed by atoms with Gasteiger partial charge in [-0.15, -0.1) is 11.3 Å². The second kappa shape index (κ2) is 12.9. The van der Waals surface area contributed by atoms with Crippen molar-refractivity contribution in [1.29, 1.82) is 0 Å². The van der Waals surface area contributed by atoms with Crippen LogP contribution in [0.1, 0.15) is 0 Å². The molecule has 10 aromatic carbocycles. The van der Waals surface area contributed by atoms with Crippen molar-refractivity contribution in [3.63, 3.8) is 0 Å². The molecule has 0 radical (unpaired) electrons. The Morgan fingerprint density at radius 2 is 1.02 bits per heavy atom. The number of benzene rings is 10. The third-order valence-corrected chi connectivity index (χ3v) is 13.3. The summed E-state index contributed by atoms with van der Waals surface area (Å²) in [5, 5.41) is 14.3. The predicted molar refractivity (Wildman–Crippen MR) is 253 cm³/mol. The summed E-state index contributed by atoms with van der Waals surface area (Å²) in [6.07, 6.45) is 0. The van der Waals surface area contributed by atoms with Crippen LogP contribution in [0.3, 0.4) is 0 Å². The Labute approximate surface area is 348 Å². The number of rotatable bonds is 4. The molecule has 278 valence electrons. The first-order valence-corrected chi connectivity index (χ1v) is 21.1. The van der Waals surface area contributed by atoms with E-state index >= 15 is 0 Å². The van der Waals surface area contributed by atoms with Gasteiger partial charge in [0.1, 0.15) is 0 Å². The summed E-state index contributed by atoms with van der Waals surface area (Å²) in [6, 6.07) is 69.8. The summed E-state index contributed by atoms with van der Waals surface area (Å²) in [5.41, 5.74) is 6.47. The molecule has 5 heteroatoms. The summed E-state index contributed by atoms with van der Waals surface area (Å²) < 4.78 is 4.90. The van der Waals surface area contributed by atoms with Crippen LogP contribution >= 0.6 is 11.3 Å². The highest BCUT2D eigenvalue weighted by Crippen LogP contribution is 2.46. The van der Waals surface area contributed by atoms with Gasteiger partial charge in [-0.1, -0.05) is 158 Å². The normalized spacial score (nSPS) is 12.0. The van der Waals surface area contributed by atoms with Crippen molar-refractivity contribution in [2.45, 2.75) is 0 Å². The van der Waals surface area contributed by atoms with Crippen LogP contribution in [0.15, 0.2) is 194 Å². The molecule has 0 saturated carbocycles. The molecule has 3 aromatic heterocycles. The Bertz CT molecular complexity index is 3890. The van der Waals surface area contributed by atoms with Crippen molar-refractivity contribution >= 4 is 96.4 Å². The van der Waals surface area contributed by atoms with Crippen molar-refractivity contribution in [2.75, 3.05) is 0 Å². The van der Waals surface area contributed by atoms with Crippen LogP contribution in [0, 0.1) is 0 Å². The van der Waals surface area contributed by atoms with Gasteiger partial charge in [0.25, 0.3) is 0 Å². The van der Waals surface area contributed by atoms with Crippen LogP contribution in [-0.2, 0) is 0 Å². The average molecular weight is 781 g/mol. The maximum atomic E-state index is 5.43. The number of fused-ring (bicyclic) bond motifs is 11. The first-order valence-electron chi connectivity index (χ1n) is 20.3. The number of hydrogen-bond donors (Lipinski definition) is 0. The smallest absolute Gasteiger partial charge is 0.165 e. The number of nitrogens with zero attached hydrogens (tertiary/aromatic N) is 4. The minimum Gasteiger partial charge on any atom is -0.309 e. The largest absolute Gasteiger partial charge is 0.309 e. The van der Waals surface area contributed by atoms with E-state index in [9.17, 15) is 0 Å². The lowest BCUT2D eigenvalue weighted by molar-refractivity contribution is 1.08. The molecule has 60 heavy (non-hydrogen) atoms. The maximum Gasteiger partial charge on any atom is 0.165 e. The zero-order valence-corrected chi connectivity index (χ0v) is 33.0. The van der Waals surface area contributed by atoms with Crippen LogP contribution < -0.4 is 0 Å². The summed E-state index contributed by atoms with van der Waals surface area (Å²) in [4.78, 5) is 16.0. The molecule has 0 spiro atoms. The maximum absolute atomic E-state index is 5.43.